The number of rotatable bonds is 4. The highest BCUT2D eigenvalue weighted by Crippen LogP contribution is 2.41. The summed E-state index contributed by atoms with van der Waals surface area (Å²) in [5, 5.41) is 3.73. The van der Waals surface area contributed by atoms with Crippen molar-refractivity contribution in [2.45, 2.75) is 12.7 Å². The Morgan fingerprint density at radius 3 is 2.50 bits per heavy atom. The summed E-state index contributed by atoms with van der Waals surface area (Å²) in [5.74, 6) is 0.710. The second-order valence-electron chi connectivity index (χ2n) is 6.91. The van der Waals surface area contributed by atoms with E-state index < -0.39 is 9.84 Å². The number of fused-ring (bicyclic) bond motifs is 3. The molecule has 0 atom stereocenters. The Bertz CT molecular complexity index is 1360. The minimum Gasteiger partial charge on any atom is -0.496 e. The molecule has 0 fully saturated rings. The van der Waals surface area contributed by atoms with Crippen LogP contribution >= 0.6 is 11.3 Å². The first-order valence-corrected chi connectivity index (χ1v) is 11.6. The fourth-order valence-corrected chi connectivity index (χ4v) is 5.18. The van der Waals surface area contributed by atoms with Gasteiger partial charge in [0.1, 0.15) is 10.4 Å². The number of H-pyrrole nitrogens is 1. The van der Waals surface area contributed by atoms with Crippen molar-refractivity contribution in [3.05, 3.63) is 63.3 Å². The van der Waals surface area contributed by atoms with Crippen LogP contribution in [0.25, 0.3) is 32.1 Å². The van der Waals surface area contributed by atoms with Crippen LogP contribution in [0.4, 0.5) is 0 Å². The van der Waals surface area contributed by atoms with E-state index in [0.717, 1.165) is 38.5 Å². The highest BCUT2D eigenvalue weighted by Gasteiger charge is 2.18. The van der Waals surface area contributed by atoms with E-state index >= 15 is 0 Å². The van der Waals surface area contributed by atoms with E-state index in [9.17, 15) is 13.2 Å². The van der Waals surface area contributed by atoms with Crippen molar-refractivity contribution in [1.29, 1.82) is 0 Å². The largest absolute Gasteiger partial charge is 0.496 e. The number of sulfone groups is 1. The molecule has 2 heterocycles. The van der Waals surface area contributed by atoms with Gasteiger partial charge in [0.2, 0.25) is 0 Å². The third-order valence-electron chi connectivity index (χ3n) is 4.76. The summed E-state index contributed by atoms with van der Waals surface area (Å²) in [6, 6.07) is 11.3. The number of aromatic nitrogens is 1. The summed E-state index contributed by atoms with van der Waals surface area (Å²) in [5.41, 5.74) is 4.13. The number of methoxy groups -OCH3 is 1. The Labute approximate surface area is 166 Å². The molecule has 0 aliphatic heterocycles. The van der Waals surface area contributed by atoms with Crippen LogP contribution in [0, 0.1) is 6.92 Å². The van der Waals surface area contributed by atoms with Gasteiger partial charge < -0.3 is 9.72 Å². The van der Waals surface area contributed by atoms with E-state index in [1.54, 1.807) is 7.11 Å². The molecule has 0 radical (unpaired) electrons. The average Bonchev–Trinajstić information content (AvgIpc) is 3.12. The van der Waals surface area contributed by atoms with Crippen LogP contribution in [-0.2, 0) is 15.6 Å². The van der Waals surface area contributed by atoms with Gasteiger partial charge in [0.05, 0.1) is 18.4 Å². The molecule has 28 heavy (non-hydrogen) atoms. The maximum absolute atomic E-state index is 12.5. The molecular formula is C21H19NO4S2. The van der Waals surface area contributed by atoms with Crippen molar-refractivity contribution >= 4 is 42.2 Å². The van der Waals surface area contributed by atoms with E-state index in [2.05, 4.69) is 4.98 Å². The molecule has 1 N–H and O–H groups in total. The SMILES string of the molecule is COc1cc(C)c2[nH]c(=O)c3sccc3c2c1-c1ccc(CS(C)(=O)=O)cc1. The van der Waals surface area contributed by atoms with Crippen molar-refractivity contribution in [1.82, 2.24) is 4.98 Å². The molecule has 2 aromatic carbocycles. The Morgan fingerprint density at radius 2 is 1.86 bits per heavy atom. The van der Waals surface area contributed by atoms with Crippen LogP contribution in [0.3, 0.4) is 0 Å². The van der Waals surface area contributed by atoms with Crippen molar-refractivity contribution in [3.63, 3.8) is 0 Å². The Kier molecular flexibility index (Phi) is 4.51. The normalized spacial score (nSPS) is 12.0. The fraction of sp³-hybridized carbons (Fsp3) is 0.190. The molecule has 0 saturated heterocycles. The smallest absolute Gasteiger partial charge is 0.266 e. The summed E-state index contributed by atoms with van der Waals surface area (Å²) >= 11 is 1.41. The maximum atomic E-state index is 12.5. The predicted octanol–water partition coefficient (Wildman–Crippen LogP) is 4.27. The lowest BCUT2D eigenvalue weighted by atomic mass is 9.94. The van der Waals surface area contributed by atoms with E-state index in [4.69, 9.17) is 4.74 Å². The van der Waals surface area contributed by atoms with Crippen molar-refractivity contribution in [2.75, 3.05) is 13.4 Å². The summed E-state index contributed by atoms with van der Waals surface area (Å²) in [7, 11) is -1.47. The van der Waals surface area contributed by atoms with Gasteiger partial charge in [0, 0.05) is 22.6 Å². The lowest BCUT2D eigenvalue weighted by Crippen LogP contribution is -2.06. The maximum Gasteiger partial charge on any atom is 0.266 e. The van der Waals surface area contributed by atoms with Crippen LogP contribution in [0.15, 0.2) is 46.6 Å². The standard InChI is InChI=1S/C21H19NO4S2/c1-12-10-16(26-2)17(14-6-4-13(5-7-14)11-28(3,24)25)18-15-8-9-27-20(15)21(23)22-19(12)18/h4-10H,11H2,1-3H3,(H,22,23). The molecule has 0 aliphatic carbocycles. The molecular weight excluding hydrogens is 394 g/mol. The van der Waals surface area contributed by atoms with Crippen LogP contribution in [0.2, 0.25) is 0 Å². The number of hydrogen-bond acceptors (Lipinski definition) is 5. The zero-order valence-corrected chi connectivity index (χ0v) is 17.3. The Hall–Kier alpha value is -2.64. The molecule has 4 rings (SSSR count). The minimum absolute atomic E-state index is 0.00115. The third kappa shape index (κ3) is 3.21. The number of pyridine rings is 1. The number of thiophene rings is 1. The van der Waals surface area contributed by atoms with Crippen LogP contribution < -0.4 is 10.3 Å². The molecule has 2 aromatic heterocycles. The minimum atomic E-state index is -3.10. The molecule has 0 aliphatic rings. The fourth-order valence-electron chi connectivity index (χ4n) is 3.59. The summed E-state index contributed by atoms with van der Waals surface area (Å²) in [6.45, 7) is 1.94. The lowest BCUT2D eigenvalue weighted by Gasteiger charge is -2.16. The second kappa shape index (κ2) is 6.76. The molecule has 0 bridgehead atoms. The Balaban J connectivity index is 2.04. The first-order chi connectivity index (χ1) is 13.3. The molecule has 7 heteroatoms. The molecule has 0 amide bonds. The van der Waals surface area contributed by atoms with Gasteiger partial charge >= 0.3 is 0 Å². The molecule has 0 saturated carbocycles. The molecule has 0 unspecified atom stereocenters. The Morgan fingerprint density at radius 1 is 1.14 bits per heavy atom. The van der Waals surface area contributed by atoms with Crippen molar-refractivity contribution in [3.8, 4) is 16.9 Å². The zero-order chi connectivity index (χ0) is 20.1. The van der Waals surface area contributed by atoms with E-state index in [0.29, 0.717) is 10.4 Å². The predicted molar refractivity (Wildman–Crippen MR) is 115 cm³/mol. The number of ether oxygens (including phenoxy) is 1. The second-order valence-corrected chi connectivity index (χ2v) is 9.96. The summed E-state index contributed by atoms with van der Waals surface area (Å²) in [4.78, 5) is 15.5. The van der Waals surface area contributed by atoms with Crippen molar-refractivity contribution in [2.24, 2.45) is 0 Å². The van der Waals surface area contributed by atoms with Crippen LogP contribution in [-0.4, -0.2) is 26.8 Å². The lowest BCUT2D eigenvalue weighted by molar-refractivity contribution is 0.416. The van der Waals surface area contributed by atoms with Gasteiger partial charge in [-0.1, -0.05) is 24.3 Å². The van der Waals surface area contributed by atoms with Gasteiger partial charge in [-0.2, -0.15) is 0 Å². The highest BCUT2D eigenvalue weighted by molar-refractivity contribution is 7.89. The summed E-state index contributed by atoms with van der Waals surface area (Å²) < 4.78 is 29.5. The molecule has 144 valence electrons. The molecule has 4 aromatic rings. The monoisotopic (exact) mass is 413 g/mol. The number of aromatic amines is 1. The van der Waals surface area contributed by atoms with Gasteiger partial charge in [-0.05, 0) is 41.1 Å². The zero-order valence-electron chi connectivity index (χ0n) is 15.7. The van der Waals surface area contributed by atoms with E-state index in [1.807, 2.05) is 48.7 Å². The number of benzene rings is 2. The molecule has 0 spiro atoms. The quantitative estimate of drug-likeness (QED) is 0.542. The van der Waals surface area contributed by atoms with Gasteiger partial charge in [-0.15, -0.1) is 11.3 Å². The van der Waals surface area contributed by atoms with Crippen molar-refractivity contribution < 1.29 is 13.2 Å². The first kappa shape index (κ1) is 18.7. The van der Waals surface area contributed by atoms with E-state index in [1.165, 1.54) is 17.6 Å². The van der Waals surface area contributed by atoms with Gasteiger partial charge in [-0.3, -0.25) is 4.79 Å². The number of aryl methyl sites for hydroxylation is 1. The van der Waals surface area contributed by atoms with Crippen LogP contribution in [0.1, 0.15) is 11.1 Å². The van der Waals surface area contributed by atoms with Gasteiger partial charge in [0.25, 0.3) is 5.56 Å². The number of hydrogen-bond donors (Lipinski definition) is 1. The van der Waals surface area contributed by atoms with Crippen LogP contribution in [0.5, 0.6) is 5.75 Å². The summed E-state index contributed by atoms with van der Waals surface area (Å²) in [6.07, 6.45) is 1.22. The number of nitrogens with one attached hydrogen (secondary N) is 1. The topological polar surface area (TPSA) is 76.2 Å². The first-order valence-electron chi connectivity index (χ1n) is 8.66. The molecule has 5 nitrogen and oxygen atoms in total. The van der Waals surface area contributed by atoms with Gasteiger partial charge in [0.15, 0.2) is 9.84 Å². The van der Waals surface area contributed by atoms with E-state index in [-0.39, 0.29) is 11.3 Å². The third-order valence-corrected chi connectivity index (χ3v) is 6.53. The highest BCUT2D eigenvalue weighted by atomic mass is 32.2. The average molecular weight is 414 g/mol. The van der Waals surface area contributed by atoms with Gasteiger partial charge in [-0.25, -0.2) is 8.42 Å².